The zero-order chi connectivity index (χ0) is 18.4. The van der Waals surface area contributed by atoms with Crippen LogP contribution in [-0.4, -0.2) is 18.5 Å². The SMILES string of the molecule is CCCCCOc1ccc(C=C2N=C(c3ccc(Cl)cc3)OC2=O)cc1. The fourth-order valence-electron chi connectivity index (χ4n) is 2.49. The van der Waals surface area contributed by atoms with Gasteiger partial charge in [0.25, 0.3) is 0 Å². The van der Waals surface area contributed by atoms with Crippen LogP contribution in [0, 0.1) is 0 Å². The van der Waals surface area contributed by atoms with Gasteiger partial charge in [-0.25, -0.2) is 9.79 Å². The van der Waals surface area contributed by atoms with Gasteiger partial charge in [-0.2, -0.15) is 0 Å². The first-order valence-electron chi connectivity index (χ1n) is 8.67. The van der Waals surface area contributed by atoms with Crippen molar-refractivity contribution in [2.45, 2.75) is 26.2 Å². The van der Waals surface area contributed by atoms with Gasteiger partial charge in [0.15, 0.2) is 5.70 Å². The lowest BCUT2D eigenvalue weighted by Gasteiger charge is -2.05. The molecule has 5 heteroatoms. The van der Waals surface area contributed by atoms with E-state index in [0.717, 1.165) is 24.3 Å². The number of carbonyl (C=O) groups excluding carboxylic acids is 1. The second-order valence-electron chi connectivity index (χ2n) is 5.97. The van der Waals surface area contributed by atoms with Crippen LogP contribution in [-0.2, 0) is 9.53 Å². The molecule has 1 aliphatic heterocycles. The number of aliphatic imine (C=N–C) groups is 1. The normalized spacial score (nSPS) is 15.1. The van der Waals surface area contributed by atoms with Crippen LogP contribution in [0.25, 0.3) is 6.08 Å². The first kappa shape index (κ1) is 18.2. The summed E-state index contributed by atoms with van der Waals surface area (Å²) in [5, 5.41) is 0.617. The molecule has 0 amide bonds. The summed E-state index contributed by atoms with van der Waals surface area (Å²) in [4.78, 5) is 16.3. The van der Waals surface area contributed by atoms with E-state index in [-0.39, 0.29) is 11.6 Å². The third kappa shape index (κ3) is 4.73. The van der Waals surface area contributed by atoms with Gasteiger partial charge in [0.05, 0.1) is 6.61 Å². The molecule has 0 N–H and O–H groups in total. The highest BCUT2D eigenvalue weighted by atomic mass is 35.5. The number of unbranched alkanes of at least 4 members (excludes halogenated alkanes) is 2. The van der Waals surface area contributed by atoms with Gasteiger partial charge in [-0.05, 0) is 54.5 Å². The maximum absolute atomic E-state index is 12.0. The number of nitrogens with zero attached hydrogens (tertiary/aromatic N) is 1. The quantitative estimate of drug-likeness (QED) is 0.380. The van der Waals surface area contributed by atoms with Crippen molar-refractivity contribution >= 4 is 29.5 Å². The third-order valence-corrected chi connectivity index (χ3v) is 4.16. The van der Waals surface area contributed by atoms with E-state index in [4.69, 9.17) is 21.1 Å². The molecule has 134 valence electrons. The van der Waals surface area contributed by atoms with E-state index in [9.17, 15) is 4.79 Å². The summed E-state index contributed by atoms with van der Waals surface area (Å²) in [6, 6.07) is 14.6. The van der Waals surface area contributed by atoms with Crippen molar-refractivity contribution in [3.63, 3.8) is 0 Å². The van der Waals surface area contributed by atoms with Crippen LogP contribution in [0.5, 0.6) is 5.75 Å². The van der Waals surface area contributed by atoms with Crippen molar-refractivity contribution in [3.8, 4) is 5.75 Å². The molecule has 0 saturated carbocycles. The van der Waals surface area contributed by atoms with Gasteiger partial charge in [0, 0.05) is 10.6 Å². The van der Waals surface area contributed by atoms with Crippen LogP contribution in [0.3, 0.4) is 0 Å². The lowest BCUT2D eigenvalue weighted by molar-refractivity contribution is -0.129. The number of hydrogen-bond acceptors (Lipinski definition) is 4. The Morgan fingerprint density at radius 3 is 2.50 bits per heavy atom. The first-order chi connectivity index (χ1) is 12.7. The Kier molecular flexibility index (Phi) is 6.08. The van der Waals surface area contributed by atoms with Gasteiger partial charge < -0.3 is 9.47 Å². The Balaban J connectivity index is 1.68. The van der Waals surface area contributed by atoms with Crippen LogP contribution in [0.4, 0.5) is 0 Å². The van der Waals surface area contributed by atoms with Gasteiger partial charge in [-0.15, -0.1) is 0 Å². The molecule has 1 heterocycles. The molecule has 0 spiro atoms. The summed E-state index contributed by atoms with van der Waals surface area (Å²) in [6.45, 7) is 2.88. The van der Waals surface area contributed by atoms with Crippen molar-refractivity contribution < 1.29 is 14.3 Å². The fourth-order valence-corrected chi connectivity index (χ4v) is 2.61. The summed E-state index contributed by atoms with van der Waals surface area (Å²) in [6.07, 6.45) is 5.09. The highest BCUT2D eigenvalue weighted by Gasteiger charge is 2.24. The lowest BCUT2D eigenvalue weighted by Crippen LogP contribution is -2.05. The average molecular weight is 370 g/mol. The number of esters is 1. The Morgan fingerprint density at radius 2 is 1.81 bits per heavy atom. The van der Waals surface area contributed by atoms with Gasteiger partial charge >= 0.3 is 5.97 Å². The smallest absolute Gasteiger partial charge is 0.363 e. The molecule has 0 saturated heterocycles. The minimum Gasteiger partial charge on any atom is -0.494 e. The molecule has 0 unspecified atom stereocenters. The molecular formula is C21H20ClNO3. The predicted molar refractivity (Wildman–Crippen MR) is 104 cm³/mol. The predicted octanol–water partition coefficient (Wildman–Crippen LogP) is 5.25. The van der Waals surface area contributed by atoms with Gasteiger partial charge in [-0.3, -0.25) is 0 Å². The molecule has 0 radical (unpaired) electrons. The maximum atomic E-state index is 12.0. The Hall–Kier alpha value is -2.59. The highest BCUT2D eigenvalue weighted by Crippen LogP contribution is 2.21. The number of hydrogen-bond donors (Lipinski definition) is 0. The van der Waals surface area contributed by atoms with Gasteiger partial charge in [0.2, 0.25) is 5.90 Å². The standard InChI is InChI=1S/C21H20ClNO3/c1-2-3-4-13-25-18-11-5-15(6-12-18)14-19-21(24)26-20(23-19)16-7-9-17(22)10-8-16/h5-12,14H,2-4,13H2,1H3. The molecule has 0 aliphatic carbocycles. The Morgan fingerprint density at radius 1 is 1.08 bits per heavy atom. The largest absolute Gasteiger partial charge is 0.494 e. The number of benzene rings is 2. The van der Waals surface area contributed by atoms with E-state index >= 15 is 0 Å². The van der Waals surface area contributed by atoms with Crippen LogP contribution in [0.2, 0.25) is 5.02 Å². The van der Waals surface area contributed by atoms with Crippen molar-refractivity contribution in [1.82, 2.24) is 0 Å². The summed E-state index contributed by atoms with van der Waals surface area (Å²) in [7, 11) is 0. The van der Waals surface area contributed by atoms with Crippen molar-refractivity contribution in [1.29, 1.82) is 0 Å². The number of carbonyl (C=O) groups is 1. The van der Waals surface area contributed by atoms with E-state index in [0.29, 0.717) is 10.6 Å². The van der Waals surface area contributed by atoms with Crippen LogP contribution in [0.1, 0.15) is 37.3 Å². The second-order valence-corrected chi connectivity index (χ2v) is 6.40. The van der Waals surface area contributed by atoms with E-state index in [1.54, 1.807) is 30.3 Å². The number of halogens is 1. The molecule has 3 rings (SSSR count). The van der Waals surface area contributed by atoms with Crippen molar-refractivity contribution in [2.75, 3.05) is 6.61 Å². The molecule has 2 aromatic rings. The molecule has 0 fully saturated rings. The molecule has 4 nitrogen and oxygen atoms in total. The molecule has 26 heavy (non-hydrogen) atoms. The van der Waals surface area contributed by atoms with E-state index in [1.165, 1.54) is 12.8 Å². The minimum atomic E-state index is -0.463. The van der Waals surface area contributed by atoms with Crippen LogP contribution >= 0.6 is 11.6 Å². The topological polar surface area (TPSA) is 47.9 Å². The summed E-state index contributed by atoms with van der Waals surface area (Å²) in [5.74, 6) is 0.645. The van der Waals surface area contributed by atoms with Crippen molar-refractivity contribution in [2.24, 2.45) is 4.99 Å². The number of cyclic esters (lactones) is 1. The zero-order valence-electron chi connectivity index (χ0n) is 14.6. The monoisotopic (exact) mass is 369 g/mol. The molecule has 0 aromatic heterocycles. The van der Waals surface area contributed by atoms with Crippen LogP contribution in [0.15, 0.2) is 59.2 Å². The van der Waals surface area contributed by atoms with Gasteiger partial charge in [-0.1, -0.05) is 43.5 Å². The lowest BCUT2D eigenvalue weighted by atomic mass is 10.2. The highest BCUT2D eigenvalue weighted by molar-refractivity contribution is 6.30. The summed E-state index contributed by atoms with van der Waals surface area (Å²) < 4.78 is 10.9. The summed E-state index contributed by atoms with van der Waals surface area (Å²) >= 11 is 5.87. The summed E-state index contributed by atoms with van der Waals surface area (Å²) in [5.41, 5.74) is 1.84. The molecular weight excluding hydrogens is 350 g/mol. The molecule has 0 atom stereocenters. The van der Waals surface area contributed by atoms with E-state index < -0.39 is 5.97 Å². The Labute approximate surface area is 158 Å². The molecule has 1 aliphatic rings. The van der Waals surface area contributed by atoms with E-state index in [1.807, 2.05) is 24.3 Å². The second kappa shape index (κ2) is 8.68. The fraction of sp³-hybridized carbons (Fsp3) is 0.238. The third-order valence-electron chi connectivity index (χ3n) is 3.91. The Bertz CT molecular complexity index is 823. The van der Waals surface area contributed by atoms with Crippen LogP contribution < -0.4 is 4.74 Å². The molecule has 0 bridgehead atoms. The number of ether oxygens (including phenoxy) is 2. The number of rotatable bonds is 7. The minimum absolute atomic E-state index is 0.270. The molecule has 2 aromatic carbocycles. The van der Waals surface area contributed by atoms with Gasteiger partial charge in [0.1, 0.15) is 5.75 Å². The van der Waals surface area contributed by atoms with E-state index in [2.05, 4.69) is 11.9 Å². The maximum Gasteiger partial charge on any atom is 0.363 e. The zero-order valence-corrected chi connectivity index (χ0v) is 15.3. The van der Waals surface area contributed by atoms with Crippen molar-refractivity contribution in [3.05, 3.63) is 70.4 Å². The average Bonchev–Trinajstić information content (AvgIpc) is 3.01. The first-order valence-corrected chi connectivity index (χ1v) is 9.05.